The maximum atomic E-state index is 11.7. The molecule has 0 atom stereocenters. The van der Waals surface area contributed by atoms with E-state index in [2.05, 4.69) is 15.1 Å². The zero-order valence-corrected chi connectivity index (χ0v) is 11.5. The fourth-order valence-electron chi connectivity index (χ4n) is 1.35. The molecule has 0 unspecified atom stereocenters. The second-order valence-electron chi connectivity index (χ2n) is 3.69. The molecule has 0 spiro atoms. The molecule has 0 aliphatic heterocycles. The molecule has 2 N–H and O–H groups in total. The molecule has 2 rings (SSSR count). The minimum Gasteiger partial charge on any atom is -0.325 e. The van der Waals surface area contributed by atoms with E-state index in [-0.39, 0.29) is 11.7 Å². The monoisotopic (exact) mass is 300 g/mol. The summed E-state index contributed by atoms with van der Waals surface area (Å²) in [6, 6.07) is 6.78. The van der Waals surface area contributed by atoms with Crippen LogP contribution in [0.4, 0.5) is 5.69 Å². The van der Waals surface area contributed by atoms with Gasteiger partial charge in [-0.3, -0.25) is 9.32 Å². The Labute approximate surface area is 117 Å². The second-order valence-corrected chi connectivity index (χ2v) is 5.09. The second kappa shape index (κ2) is 5.94. The van der Waals surface area contributed by atoms with Crippen LogP contribution in [0.2, 0.25) is 5.02 Å². The minimum absolute atomic E-state index is 0.110. The lowest BCUT2D eigenvalue weighted by Crippen LogP contribution is -2.34. The number of anilines is 1. The molecule has 0 radical (unpaired) electrons. The van der Waals surface area contributed by atoms with E-state index in [0.29, 0.717) is 15.7 Å². The number of thioether (sulfide) groups is 1. The Hall–Kier alpha value is -1.73. The molecule has 0 fully saturated rings. The van der Waals surface area contributed by atoms with Gasteiger partial charge in [0.25, 0.3) is 0 Å². The SMILES string of the molecule is C[n+]1[nH]oc(=O)c1SCC(=O)Nc1ccc(Cl)cc1. The highest BCUT2D eigenvalue weighted by Crippen LogP contribution is 2.14. The van der Waals surface area contributed by atoms with Gasteiger partial charge in [0, 0.05) is 10.7 Å². The van der Waals surface area contributed by atoms with E-state index in [9.17, 15) is 9.59 Å². The van der Waals surface area contributed by atoms with Crippen molar-refractivity contribution in [3.63, 3.8) is 0 Å². The molecule has 0 aliphatic rings. The average Bonchev–Trinajstić information content (AvgIpc) is 2.70. The highest BCUT2D eigenvalue weighted by Gasteiger charge is 2.19. The molecule has 100 valence electrons. The van der Waals surface area contributed by atoms with Crippen LogP contribution in [0.25, 0.3) is 0 Å². The molecule has 0 saturated heterocycles. The van der Waals surface area contributed by atoms with E-state index >= 15 is 0 Å². The molecule has 0 aliphatic carbocycles. The number of hydrogen-bond acceptors (Lipinski definition) is 4. The van der Waals surface area contributed by atoms with E-state index in [0.717, 1.165) is 11.8 Å². The van der Waals surface area contributed by atoms with E-state index in [1.165, 1.54) is 4.68 Å². The first kappa shape index (κ1) is 13.7. The Morgan fingerprint density at radius 1 is 1.47 bits per heavy atom. The van der Waals surface area contributed by atoms with Crippen LogP contribution in [0, 0.1) is 0 Å². The summed E-state index contributed by atoms with van der Waals surface area (Å²) in [5.74, 6) is -0.105. The quantitative estimate of drug-likeness (QED) is 0.656. The maximum Gasteiger partial charge on any atom is 0.441 e. The van der Waals surface area contributed by atoms with Crippen molar-refractivity contribution >= 4 is 35.0 Å². The number of aryl methyl sites for hydroxylation is 1. The van der Waals surface area contributed by atoms with Crippen LogP contribution in [0.3, 0.4) is 0 Å². The Morgan fingerprint density at radius 3 is 2.74 bits per heavy atom. The largest absolute Gasteiger partial charge is 0.441 e. The third-order valence-electron chi connectivity index (χ3n) is 2.22. The number of nitrogens with one attached hydrogen (secondary N) is 2. The van der Waals surface area contributed by atoms with Crippen molar-refractivity contribution in [3.05, 3.63) is 39.7 Å². The lowest BCUT2D eigenvalue weighted by atomic mass is 10.3. The number of rotatable bonds is 4. The fourth-order valence-corrected chi connectivity index (χ4v) is 2.21. The van der Waals surface area contributed by atoms with Gasteiger partial charge in [-0.1, -0.05) is 16.3 Å². The molecule has 8 heteroatoms. The van der Waals surface area contributed by atoms with Crippen molar-refractivity contribution in [2.75, 3.05) is 11.1 Å². The Kier molecular flexibility index (Phi) is 4.28. The normalized spacial score (nSPS) is 10.4. The zero-order valence-electron chi connectivity index (χ0n) is 9.97. The van der Waals surface area contributed by atoms with Crippen LogP contribution in [0.15, 0.2) is 38.6 Å². The van der Waals surface area contributed by atoms with Crippen LogP contribution in [0.1, 0.15) is 0 Å². The standard InChI is InChI=1S/C11H10ClN3O3S/c1-15-10(11(17)18-14-15)19-6-9(16)13-8-4-2-7(12)3-5-8/h2-5H,6H2,1H3,(H-,13,14,16,17)/p+1. The topological polar surface area (TPSA) is 79.0 Å². The van der Waals surface area contributed by atoms with E-state index < -0.39 is 5.63 Å². The van der Waals surface area contributed by atoms with Gasteiger partial charge in [-0.15, -0.1) is 0 Å². The van der Waals surface area contributed by atoms with Gasteiger partial charge in [-0.2, -0.15) is 0 Å². The van der Waals surface area contributed by atoms with E-state index in [4.69, 9.17) is 11.6 Å². The number of amides is 1. The van der Waals surface area contributed by atoms with Crippen LogP contribution >= 0.6 is 23.4 Å². The molecule has 19 heavy (non-hydrogen) atoms. The maximum absolute atomic E-state index is 11.7. The summed E-state index contributed by atoms with van der Waals surface area (Å²) in [6.45, 7) is 0. The van der Waals surface area contributed by atoms with Crippen LogP contribution in [0.5, 0.6) is 0 Å². The first-order valence-corrected chi connectivity index (χ1v) is 6.68. The molecular formula is C11H11ClN3O3S+. The van der Waals surface area contributed by atoms with Crippen LogP contribution in [-0.4, -0.2) is 16.9 Å². The molecule has 0 bridgehead atoms. The summed E-state index contributed by atoms with van der Waals surface area (Å²) < 4.78 is 5.99. The number of carbonyl (C=O) groups excluding carboxylic acids is 1. The first-order valence-electron chi connectivity index (χ1n) is 5.32. The molecule has 1 amide bonds. The van der Waals surface area contributed by atoms with Crippen molar-refractivity contribution in [1.82, 2.24) is 5.27 Å². The molecule has 1 aromatic heterocycles. The molecule has 2 aromatic rings. The van der Waals surface area contributed by atoms with Gasteiger partial charge in [0.15, 0.2) is 7.05 Å². The highest BCUT2D eigenvalue weighted by atomic mass is 35.5. The molecular weight excluding hydrogens is 290 g/mol. The van der Waals surface area contributed by atoms with Gasteiger partial charge in [0.05, 0.1) is 5.75 Å². The van der Waals surface area contributed by atoms with E-state index in [1.54, 1.807) is 31.3 Å². The van der Waals surface area contributed by atoms with Gasteiger partial charge in [-0.25, -0.2) is 4.79 Å². The Bertz CT molecular complexity index is 635. The first-order chi connectivity index (χ1) is 9.06. The Balaban J connectivity index is 1.92. The fraction of sp³-hybridized carbons (Fsp3) is 0.182. The van der Waals surface area contributed by atoms with Crippen molar-refractivity contribution in [1.29, 1.82) is 0 Å². The Morgan fingerprint density at radius 2 is 2.16 bits per heavy atom. The number of aromatic amines is 1. The molecule has 1 heterocycles. The zero-order chi connectivity index (χ0) is 13.8. The minimum atomic E-state index is -0.494. The molecule has 0 saturated carbocycles. The summed E-state index contributed by atoms with van der Waals surface area (Å²) in [7, 11) is 1.63. The van der Waals surface area contributed by atoms with E-state index in [1.807, 2.05) is 0 Å². The summed E-state index contributed by atoms with van der Waals surface area (Å²) in [4.78, 5) is 23.0. The van der Waals surface area contributed by atoms with Crippen molar-refractivity contribution in [2.45, 2.75) is 5.03 Å². The summed E-state index contributed by atoms with van der Waals surface area (Å²) in [5.41, 5.74) is 0.160. The third kappa shape index (κ3) is 3.62. The smallest absolute Gasteiger partial charge is 0.325 e. The van der Waals surface area contributed by atoms with Gasteiger partial charge >= 0.3 is 10.7 Å². The lowest BCUT2D eigenvalue weighted by Gasteiger charge is -2.03. The average molecular weight is 301 g/mol. The predicted octanol–water partition coefficient (Wildman–Crippen LogP) is 1.18. The number of benzene rings is 1. The number of hydrogen-bond donors (Lipinski definition) is 2. The third-order valence-corrected chi connectivity index (χ3v) is 3.59. The van der Waals surface area contributed by atoms with Crippen molar-refractivity contribution in [3.8, 4) is 0 Å². The summed E-state index contributed by atoms with van der Waals surface area (Å²) in [6.07, 6.45) is 0. The number of halogens is 1. The van der Waals surface area contributed by atoms with Crippen LogP contribution < -0.4 is 15.6 Å². The number of aromatic nitrogens is 2. The lowest BCUT2D eigenvalue weighted by molar-refractivity contribution is -0.772. The molecule has 6 nitrogen and oxygen atoms in total. The highest BCUT2D eigenvalue weighted by molar-refractivity contribution is 7.99. The predicted molar refractivity (Wildman–Crippen MR) is 71.3 cm³/mol. The van der Waals surface area contributed by atoms with Crippen LogP contribution in [-0.2, 0) is 11.8 Å². The van der Waals surface area contributed by atoms with Crippen molar-refractivity contribution < 1.29 is 14.0 Å². The van der Waals surface area contributed by atoms with Gasteiger partial charge in [0.2, 0.25) is 5.91 Å². The number of carbonyl (C=O) groups is 1. The van der Waals surface area contributed by atoms with Crippen molar-refractivity contribution in [2.24, 2.45) is 7.05 Å². The number of nitrogens with zero attached hydrogens (tertiary/aromatic N) is 1. The van der Waals surface area contributed by atoms with Gasteiger partial charge < -0.3 is 5.32 Å². The summed E-state index contributed by atoms with van der Waals surface area (Å²) in [5, 5.41) is 6.02. The summed E-state index contributed by atoms with van der Waals surface area (Å²) >= 11 is 6.84. The molecule has 1 aromatic carbocycles. The van der Waals surface area contributed by atoms with Gasteiger partial charge in [0.1, 0.15) is 0 Å². The van der Waals surface area contributed by atoms with Gasteiger partial charge in [-0.05, 0) is 41.3 Å². The number of H-pyrrole nitrogens is 1.